The Morgan fingerprint density at radius 2 is 1.85 bits per heavy atom. The Bertz CT molecular complexity index is 1100. The number of fused-ring (bicyclic) bond motifs is 1. The van der Waals surface area contributed by atoms with Crippen LogP contribution in [0.5, 0.6) is 5.75 Å². The fourth-order valence-electron chi connectivity index (χ4n) is 3.22. The van der Waals surface area contributed by atoms with Gasteiger partial charge in [0.15, 0.2) is 0 Å². The lowest BCUT2D eigenvalue weighted by Crippen LogP contribution is -2.12. The van der Waals surface area contributed by atoms with Gasteiger partial charge in [0.25, 0.3) is 0 Å². The van der Waals surface area contributed by atoms with Crippen LogP contribution in [-0.2, 0) is 4.74 Å². The molecule has 0 bridgehead atoms. The zero-order valence-corrected chi connectivity index (χ0v) is 20.4. The molecule has 2 aromatic carbocycles. The van der Waals surface area contributed by atoms with E-state index in [0.29, 0.717) is 11.4 Å². The molecule has 1 N–H and O–H groups in total. The van der Waals surface area contributed by atoms with Gasteiger partial charge >= 0.3 is 6.09 Å². The van der Waals surface area contributed by atoms with E-state index >= 15 is 0 Å². The van der Waals surface area contributed by atoms with Gasteiger partial charge in [0.1, 0.15) is 17.8 Å². The van der Waals surface area contributed by atoms with E-state index in [1.807, 2.05) is 48.7 Å². The van der Waals surface area contributed by atoms with E-state index in [4.69, 9.17) is 9.47 Å². The number of anilines is 1. The minimum absolute atomic E-state index is 0.323. The van der Waals surface area contributed by atoms with E-state index in [2.05, 4.69) is 30.4 Å². The number of hydrogen-bond donors (Lipinski definition) is 1. The summed E-state index contributed by atoms with van der Waals surface area (Å²) < 4.78 is 13.0. The molecule has 0 aliphatic rings. The Hall–Kier alpha value is -3.80. The zero-order valence-electron chi connectivity index (χ0n) is 20.4. The highest BCUT2D eigenvalue weighted by molar-refractivity contribution is 5.86. The van der Waals surface area contributed by atoms with Crippen molar-refractivity contribution in [2.45, 2.75) is 46.5 Å². The Morgan fingerprint density at radius 3 is 2.53 bits per heavy atom. The number of nitrogens with zero attached hydrogens (tertiary/aromatic N) is 2. The third-order valence-electron chi connectivity index (χ3n) is 4.87. The maximum Gasteiger partial charge on any atom is 0.417 e. The van der Waals surface area contributed by atoms with Gasteiger partial charge in [0, 0.05) is 17.4 Å². The lowest BCUT2D eigenvalue weighted by atomic mass is 10.2. The third kappa shape index (κ3) is 7.66. The molecule has 180 valence electrons. The number of aromatic nitrogens is 2. The minimum atomic E-state index is -0.596. The second-order valence-corrected chi connectivity index (χ2v) is 7.24. The van der Waals surface area contributed by atoms with E-state index in [1.54, 1.807) is 24.5 Å². The number of nitrogens with one attached hydrogen (secondary N) is 1. The van der Waals surface area contributed by atoms with Crippen LogP contribution in [0.25, 0.3) is 16.7 Å². The largest absolute Gasteiger partial charge is 0.494 e. The molecule has 0 saturated carbocycles. The van der Waals surface area contributed by atoms with Crippen LogP contribution >= 0.6 is 0 Å². The maximum atomic E-state index is 12.0. The fourth-order valence-corrected chi connectivity index (χ4v) is 3.22. The summed E-state index contributed by atoms with van der Waals surface area (Å²) in [5, 5.41) is 2.69. The molecule has 0 spiro atoms. The molecule has 34 heavy (non-hydrogen) atoms. The van der Waals surface area contributed by atoms with Crippen LogP contribution in [0.3, 0.4) is 0 Å². The predicted molar refractivity (Wildman–Crippen MR) is 141 cm³/mol. The highest BCUT2D eigenvalue weighted by atomic mass is 16.6. The van der Waals surface area contributed by atoms with Gasteiger partial charge in [-0.05, 0) is 55.0 Å². The molecule has 0 atom stereocenters. The van der Waals surface area contributed by atoms with Gasteiger partial charge in [-0.25, -0.2) is 9.78 Å². The molecule has 3 rings (SSSR count). The van der Waals surface area contributed by atoms with Crippen molar-refractivity contribution in [3.8, 4) is 11.4 Å². The molecule has 1 heterocycles. The molecule has 0 aliphatic carbocycles. The number of carbonyl (C=O) groups excluding carboxylic acids is 1. The lowest BCUT2D eigenvalue weighted by molar-refractivity contribution is 0.195. The van der Waals surface area contributed by atoms with Gasteiger partial charge in [-0.15, -0.1) is 0 Å². The summed E-state index contributed by atoms with van der Waals surface area (Å²) in [7, 11) is 0. The molecular formula is C28H35N3O3. The van der Waals surface area contributed by atoms with Gasteiger partial charge in [-0.1, -0.05) is 59.3 Å². The number of amides is 1. The molecule has 6 heteroatoms. The Morgan fingerprint density at radius 1 is 1.09 bits per heavy atom. The van der Waals surface area contributed by atoms with Crippen LogP contribution in [0.15, 0.2) is 85.9 Å². The third-order valence-corrected chi connectivity index (χ3v) is 4.87. The summed E-state index contributed by atoms with van der Waals surface area (Å²) in [6.45, 7) is 14.1. The van der Waals surface area contributed by atoms with Crippen molar-refractivity contribution in [1.29, 1.82) is 0 Å². The first-order chi connectivity index (χ1) is 16.6. The lowest BCUT2D eigenvalue weighted by Gasteiger charge is -2.09. The predicted octanol–water partition coefficient (Wildman–Crippen LogP) is 7.82. The van der Waals surface area contributed by atoms with Gasteiger partial charge in [0.2, 0.25) is 0 Å². The number of unbranched alkanes of at least 4 members (excludes halogenated alkanes) is 3. The van der Waals surface area contributed by atoms with E-state index in [1.165, 1.54) is 31.4 Å². The summed E-state index contributed by atoms with van der Waals surface area (Å²) in [5.41, 5.74) is 3.39. The summed E-state index contributed by atoms with van der Waals surface area (Å²) in [4.78, 5) is 16.5. The second-order valence-electron chi connectivity index (χ2n) is 7.24. The first-order valence-corrected chi connectivity index (χ1v) is 11.8. The van der Waals surface area contributed by atoms with Crippen LogP contribution in [0.4, 0.5) is 10.5 Å². The van der Waals surface area contributed by atoms with Crippen LogP contribution in [0, 0.1) is 0 Å². The summed E-state index contributed by atoms with van der Waals surface area (Å²) in [6.07, 6.45) is 10.4. The number of ether oxygens (including phenoxy) is 2. The van der Waals surface area contributed by atoms with Crippen molar-refractivity contribution >= 4 is 22.8 Å². The first kappa shape index (κ1) is 26.5. The van der Waals surface area contributed by atoms with Crippen LogP contribution in [0.2, 0.25) is 0 Å². The van der Waals surface area contributed by atoms with Crippen molar-refractivity contribution in [2.24, 2.45) is 0 Å². The molecule has 6 nitrogen and oxygen atoms in total. The van der Waals surface area contributed by atoms with E-state index < -0.39 is 6.09 Å². The quantitative estimate of drug-likeness (QED) is 0.180. The normalized spacial score (nSPS) is 10.7. The van der Waals surface area contributed by atoms with Crippen molar-refractivity contribution in [3.05, 3.63) is 85.9 Å². The number of allylic oxidation sites excluding steroid dienone is 3. The smallest absolute Gasteiger partial charge is 0.417 e. The monoisotopic (exact) mass is 461 g/mol. The number of benzene rings is 2. The fraction of sp³-hybridized carbons (Fsp3) is 0.286. The average Bonchev–Trinajstić information content (AvgIpc) is 3.28. The molecule has 3 aromatic rings. The molecule has 0 aliphatic heterocycles. The minimum Gasteiger partial charge on any atom is -0.494 e. The standard InChI is InChI=1S/C26H29N3O3.C2H6/c1-4-7-8-9-17-31-23-15-16-25-24(18-23)27-19-29(25)21-13-11-20(12-14-21)28-26(30)32-22(6-3)10-5-2;1-2/h5-6,10-16,18-19H,2-4,7-9,17H2,1H3,(H,28,30);1-2H3/b22-10+;. The molecule has 1 amide bonds. The summed E-state index contributed by atoms with van der Waals surface area (Å²) in [6, 6.07) is 13.4. The van der Waals surface area contributed by atoms with Crippen LogP contribution in [0.1, 0.15) is 46.5 Å². The van der Waals surface area contributed by atoms with Gasteiger partial charge in [-0.3, -0.25) is 9.88 Å². The summed E-state index contributed by atoms with van der Waals surface area (Å²) >= 11 is 0. The number of carbonyl (C=O) groups is 1. The van der Waals surface area contributed by atoms with E-state index in [0.717, 1.165) is 35.5 Å². The van der Waals surface area contributed by atoms with Gasteiger partial charge in [-0.2, -0.15) is 0 Å². The van der Waals surface area contributed by atoms with E-state index in [-0.39, 0.29) is 0 Å². The van der Waals surface area contributed by atoms with Crippen LogP contribution < -0.4 is 10.1 Å². The second kappa shape index (κ2) is 14.4. The number of hydrogen-bond acceptors (Lipinski definition) is 4. The van der Waals surface area contributed by atoms with E-state index in [9.17, 15) is 4.79 Å². The van der Waals surface area contributed by atoms with Crippen molar-refractivity contribution in [3.63, 3.8) is 0 Å². The molecule has 1 aromatic heterocycles. The SMILES string of the molecule is C=C/C=C(\C=C)OC(=O)Nc1ccc(-n2cnc3cc(OCCCCCC)ccc32)cc1.CC. The number of imidazole rings is 1. The Labute approximate surface area is 202 Å². The molecule has 0 saturated heterocycles. The average molecular weight is 462 g/mol. The van der Waals surface area contributed by atoms with Gasteiger partial charge < -0.3 is 9.47 Å². The van der Waals surface area contributed by atoms with Crippen LogP contribution in [-0.4, -0.2) is 22.3 Å². The zero-order chi connectivity index (χ0) is 24.8. The maximum absolute atomic E-state index is 12.0. The highest BCUT2D eigenvalue weighted by Crippen LogP contribution is 2.24. The summed E-state index contributed by atoms with van der Waals surface area (Å²) in [5.74, 6) is 1.16. The Balaban J connectivity index is 0.00000199. The molecule has 0 radical (unpaired) electrons. The Kier molecular flexibility index (Phi) is 11.2. The highest BCUT2D eigenvalue weighted by Gasteiger charge is 2.08. The van der Waals surface area contributed by atoms with Crippen molar-refractivity contribution in [2.75, 3.05) is 11.9 Å². The number of rotatable bonds is 11. The van der Waals surface area contributed by atoms with Crippen molar-refractivity contribution < 1.29 is 14.3 Å². The molecular weight excluding hydrogens is 426 g/mol. The molecule has 0 fully saturated rings. The topological polar surface area (TPSA) is 65.4 Å². The van der Waals surface area contributed by atoms with Crippen molar-refractivity contribution in [1.82, 2.24) is 9.55 Å². The molecule has 0 unspecified atom stereocenters. The van der Waals surface area contributed by atoms with Gasteiger partial charge in [0.05, 0.1) is 17.6 Å². The first-order valence-electron chi connectivity index (χ1n) is 11.8.